The molecule has 2 rings (SSSR count). The normalized spacial score (nSPS) is 12.8. The van der Waals surface area contributed by atoms with Crippen LogP contribution in [-0.2, 0) is 9.59 Å². The third-order valence-corrected chi connectivity index (χ3v) is 4.68. The second kappa shape index (κ2) is 9.21. The summed E-state index contributed by atoms with van der Waals surface area (Å²) < 4.78 is 0. The van der Waals surface area contributed by atoms with Crippen LogP contribution in [0.4, 0.5) is 17.1 Å². The van der Waals surface area contributed by atoms with E-state index in [9.17, 15) is 9.59 Å². The van der Waals surface area contributed by atoms with Gasteiger partial charge < -0.3 is 16.0 Å². The topological polar surface area (TPSA) is 70.2 Å². The van der Waals surface area contributed by atoms with E-state index in [0.29, 0.717) is 5.92 Å². The van der Waals surface area contributed by atoms with Gasteiger partial charge in [-0.3, -0.25) is 9.59 Å². The molecular weight excluding hydrogens is 338 g/mol. The van der Waals surface area contributed by atoms with Crippen LogP contribution in [0.1, 0.15) is 51.2 Å². The molecule has 0 fully saturated rings. The molecule has 5 heteroatoms. The van der Waals surface area contributed by atoms with Gasteiger partial charge in [0.1, 0.15) is 6.04 Å². The fourth-order valence-electron chi connectivity index (χ4n) is 2.90. The molecule has 27 heavy (non-hydrogen) atoms. The van der Waals surface area contributed by atoms with Crippen LogP contribution in [0.5, 0.6) is 0 Å². The van der Waals surface area contributed by atoms with E-state index in [1.54, 1.807) is 0 Å². The van der Waals surface area contributed by atoms with Crippen LogP contribution < -0.4 is 16.0 Å². The molecule has 0 spiro atoms. The van der Waals surface area contributed by atoms with Crippen molar-refractivity contribution in [1.29, 1.82) is 0 Å². The van der Waals surface area contributed by atoms with Gasteiger partial charge in [0.15, 0.2) is 0 Å². The van der Waals surface area contributed by atoms with Crippen LogP contribution in [0.15, 0.2) is 42.5 Å². The van der Waals surface area contributed by atoms with Gasteiger partial charge in [0.25, 0.3) is 0 Å². The van der Waals surface area contributed by atoms with Gasteiger partial charge in [0, 0.05) is 24.0 Å². The van der Waals surface area contributed by atoms with Gasteiger partial charge >= 0.3 is 0 Å². The lowest BCUT2D eigenvalue weighted by Gasteiger charge is -2.19. The Bertz CT molecular complexity index is 817. The Hall–Kier alpha value is -2.82. The summed E-state index contributed by atoms with van der Waals surface area (Å²) in [5, 5.41) is 9.05. The Morgan fingerprint density at radius 1 is 1.00 bits per heavy atom. The quantitative estimate of drug-likeness (QED) is 0.651. The van der Waals surface area contributed by atoms with E-state index in [-0.39, 0.29) is 11.8 Å². The highest BCUT2D eigenvalue weighted by Gasteiger charge is 2.16. The van der Waals surface area contributed by atoms with Crippen molar-refractivity contribution in [3.05, 3.63) is 53.6 Å². The third kappa shape index (κ3) is 5.58. The van der Waals surface area contributed by atoms with Crippen LogP contribution in [0.25, 0.3) is 0 Å². The SMILES string of the molecule is CCC(C)c1ccccc1NC(=O)C(C)Nc1ccc(NC(C)=O)c(C)c1. The van der Waals surface area contributed by atoms with E-state index in [2.05, 4.69) is 35.9 Å². The number of rotatable bonds is 7. The van der Waals surface area contributed by atoms with Gasteiger partial charge in [0.05, 0.1) is 0 Å². The first-order valence-corrected chi connectivity index (χ1v) is 9.36. The molecule has 2 aromatic carbocycles. The molecule has 0 heterocycles. The number of para-hydroxylation sites is 1. The first-order chi connectivity index (χ1) is 12.8. The average Bonchev–Trinajstić information content (AvgIpc) is 2.63. The standard InChI is InChI=1S/C22H29N3O2/c1-6-14(2)19-9-7-8-10-21(19)25-22(27)16(4)23-18-11-12-20(15(3)13-18)24-17(5)26/h7-14,16,23H,6H2,1-5H3,(H,24,26)(H,25,27). The monoisotopic (exact) mass is 367 g/mol. The molecule has 2 aromatic rings. The molecule has 0 bridgehead atoms. The molecule has 3 N–H and O–H groups in total. The number of benzene rings is 2. The molecule has 0 aliphatic heterocycles. The number of carbonyl (C=O) groups is 2. The number of hydrogen-bond donors (Lipinski definition) is 3. The molecule has 0 saturated carbocycles. The zero-order chi connectivity index (χ0) is 20.0. The van der Waals surface area contributed by atoms with Crippen molar-refractivity contribution in [2.75, 3.05) is 16.0 Å². The number of hydrogen-bond acceptors (Lipinski definition) is 3. The Kier molecular flexibility index (Phi) is 6.99. The summed E-state index contributed by atoms with van der Waals surface area (Å²) in [6.45, 7) is 9.53. The molecule has 2 atom stereocenters. The maximum atomic E-state index is 12.6. The molecular formula is C22H29N3O2. The summed E-state index contributed by atoms with van der Waals surface area (Å²) in [5.41, 5.74) is 4.55. The van der Waals surface area contributed by atoms with Crippen LogP contribution in [0.3, 0.4) is 0 Å². The van der Waals surface area contributed by atoms with Crippen molar-refractivity contribution in [3.8, 4) is 0 Å². The molecule has 0 aliphatic carbocycles. The van der Waals surface area contributed by atoms with Crippen LogP contribution in [-0.4, -0.2) is 17.9 Å². The number of nitrogens with one attached hydrogen (secondary N) is 3. The number of aryl methyl sites for hydroxylation is 1. The van der Waals surface area contributed by atoms with Crippen molar-refractivity contribution in [1.82, 2.24) is 0 Å². The average molecular weight is 367 g/mol. The second-order valence-electron chi connectivity index (χ2n) is 6.96. The predicted octanol–water partition coefficient (Wildman–Crippen LogP) is 4.91. The molecule has 5 nitrogen and oxygen atoms in total. The molecule has 2 unspecified atom stereocenters. The van der Waals surface area contributed by atoms with Gasteiger partial charge in [-0.25, -0.2) is 0 Å². The summed E-state index contributed by atoms with van der Waals surface area (Å²) >= 11 is 0. The maximum absolute atomic E-state index is 12.6. The minimum Gasteiger partial charge on any atom is -0.374 e. The fourth-order valence-corrected chi connectivity index (χ4v) is 2.90. The highest BCUT2D eigenvalue weighted by atomic mass is 16.2. The molecule has 0 aromatic heterocycles. The lowest BCUT2D eigenvalue weighted by atomic mass is 9.97. The second-order valence-corrected chi connectivity index (χ2v) is 6.96. The van der Waals surface area contributed by atoms with E-state index in [0.717, 1.165) is 34.6 Å². The Balaban J connectivity index is 2.06. The van der Waals surface area contributed by atoms with E-state index in [4.69, 9.17) is 0 Å². The van der Waals surface area contributed by atoms with E-state index in [1.807, 2.05) is 50.2 Å². The van der Waals surface area contributed by atoms with Crippen molar-refractivity contribution in [3.63, 3.8) is 0 Å². The van der Waals surface area contributed by atoms with Gasteiger partial charge in [-0.1, -0.05) is 32.0 Å². The summed E-state index contributed by atoms with van der Waals surface area (Å²) in [6, 6.07) is 13.1. The minimum absolute atomic E-state index is 0.0886. The number of anilines is 3. The van der Waals surface area contributed by atoms with E-state index < -0.39 is 6.04 Å². The number of carbonyl (C=O) groups excluding carboxylic acids is 2. The Morgan fingerprint density at radius 2 is 1.70 bits per heavy atom. The first kappa shape index (κ1) is 20.5. The molecule has 0 aliphatic rings. The lowest BCUT2D eigenvalue weighted by Crippen LogP contribution is -2.32. The van der Waals surface area contributed by atoms with Crippen LogP contribution in [0.2, 0.25) is 0 Å². The van der Waals surface area contributed by atoms with Gasteiger partial charge in [-0.15, -0.1) is 0 Å². The lowest BCUT2D eigenvalue weighted by molar-refractivity contribution is -0.116. The molecule has 2 amide bonds. The van der Waals surface area contributed by atoms with Gasteiger partial charge in [-0.2, -0.15) is 0 Å². The van der Waals surface area contributed by atoms with Crippen molar-refractivity contribution < 1.29 is 9.59 Å². The van der Waals surface area contributed by atoms with Crippen LogP contribution >= 0.6 is 0 Å². The Morgan fingerprint density at radius 3 is 2.33 bits per heavy atom. The van der Waals surface area contributed by atoms with Gasteiger partial charge in [-0.05, 0) is 61.6 Å². The highest BCUT2D eigenvalue weighted by molar-refractivity contribution is 5.97. The van der Waals surface area contributed by atoms with E-state index in [1.165, 1.54) is 6.92 Å². The zero-order valence-corrected chi connectivity index (χ0v) is 16.7. The summed E-state index contributed by atoms with van der Waals surface area (Å²) in [5.74, 6) is 0.189. The summed E-state index contributed by atoms with van der Waals surface area (Å²) in [7, 11) is 0. The fraction of sp³-hybridized carbons (Fsp3) is 0.364. The summed E-state index contributed by atoms with van der Waals surface area (Å²) in [4.78, 5) is 23.9. The largest absolute Gasteiger partial charge is 0.374 e. The van der Waals surface area contributed by atoms with Crippen molar-refractivity contribution in [2.24, 2.45) is 0 Å². The number of amides is 2. The minimum atomic E-state index is -0.402. The van der Waals surface area contributed by atoms with Crippen molar-refractivity contribution >= 4 is 28.9 Å². The van der Waals surface area contributed by atoms with Crippen LogP contribution in [0, 0.1) is 6.92 Å². The molecule has 144 valence electrons. The molecule has 0 saturated heterocycles. The molecule has 0 radical (unpaired) electrons. The summed E-state index contributed by atoms with van der Waals surface area (Å²) in [6.07, 6.45) is 1.01. The van der Waals surface area contributed by atoms with Crippen molar-refractivity contribution in [2.45, 2.75) is 53.0 Å². The first-order valence-electron chi connectivity index (χ1n) is 9.36. The maximum Gasteiger partial charge on any atom is 0.246 e. The Labute approximate surface area is 161 Å². The van der Waals surface area contributed by atoms with Gasteiger partial charge in [0.2, 0.25) is 11.8 Å². The predicted molar refractivity (Wildman–Crippen MR) is 112 cm³/mol. The van der Waals surface area contributed by atoms with E-state index >= 15 is 0 Å². The zero-order valence-electron chi connectivity index (χ0n) is 16.7. The highest BCUT2D eigenvalue weighted by Crippen LogP contribution is 2.27. The smallest absolute Gasteiger partial charge is 0.246 e. The third-order valence-electron chi connectivity index (χ3n) is 4.68.